The lowest BCUT2D eigenvalue weighted by Gasteiger charge is -2.38. The van der Waals surface area contributed by atoms with Crippen molar-refractivity contribution in [1.82, 2.24) is 0 Å². The summed E-state index contributed by atoms with van der Waals surface area (Å²) in [5.41, 5.74) is -1.34. The first-order valence-corrected chi connectivity index (χ1v) is 7.89. The summed E-state index contributed by atoms with van der Waals surface area (Å²) in [5, 5.41) is 20.5. The summed E-state index contributed by atoms with van der Waals surface area (Å²) < 4.78 is 22.5. The van der Waals surface area contributed by atoms with Crippen LogP contribution in [0.2, 0.25) is 0 Å². The number of aliphatic hydroxyl groups is 2. The molecule has 1 aliphatic carbocycles. The molecule has 0 aromatic heterocycles. The lowest BCUT2D eigenvalue weighted by atomic mass is 9.85. The zero-order valence-corrected chi connectivity index (χ0v) is 11.5. The Labute approximate surface area is 103 Å². The predicted octanol–water partition coefficient (Wildman–Crippen LogP) is 2.27. The lowest BCUT2D eigenvalue weighted by molar-refractivity contribution is -0.0736. The first-order chi connectivity index (χ1) is 7.98. The summed E-state index contributed by atoms with van der Waals surface area (Å²) >= 11 is 0. The van der Waals surface area contributed by atoms with Crippen LogP contribution in [0.4, 0.5) is 0 Å². The summed E-state index contributed by atoms with van der Waals surface area (Å²) in [5.74, 6) is -1.45. The van der Waals surface area contributed by atoms with Crippen LogP contribution in [-0.4, -0.2) is 34.9 Å². The van der Waals surface area contributed by atoms with Gasteiger partial charge < -0.3 is 19.3 Å². The number of hydrogen-bond donors (Lipinski definition) is 2. The van der Waals surface area contributed by atoms with Gasteiger partial charge in [0.15, 0.2) is 5.85 Å². The van der Waals surface area contributed by atoms with Crippen LogP contribution in [0.3, 0.4) is 0 Å². The van der Waals surface area contributed by atoms with Crippen LogP contribution >= 0.6 is 7.60 Å². The Morgan fingerprint density at radius 1 is 1.18 bits per heavy atom. The average Bonchev–Trinajstić information content (AvgIpc) is 2.29. The van der Waals surface area contributed by atoms with Gasteiger partial charge in [-0.2, -0.15) is 0 Å². The molecule has 1 atom stereocenters. The molecule has 0 aromatic rings. The molecule has 6 heteroatoms. The van der Waals surface area contributed by atoms with Gasteiger partial charge in [0, 0.05) is 0 Å². The molecule has 0 aromatic carbocycles. The topological polar surface area (TPSA) is 76.0 Å². The fraction of sp³-hybridized carbons (Fsp3) is 1.00. The van der Waals surface area contributed by atoms with E-state index in [1.165, 1.54) is 0 Å². The largest absolute Gasteiger partial charge is 0.386 e. The van der Waals surface area contributed by atoms with Crippen LogP contribution in [0.5, 0.6) is 0 Å². The van der Waals surface area contributed by atoms with Gasteiger partial charge in [-0.05, 0) is 26.7 Å². The minimum absolute atomic E-state index is 0.185. The van der Waals surface area contributed by atoms with E-state index in [1.807, 2.05) is 0 Å². The Hall–Kier alpha value is 0.0700. The summed E-state index contributed by atoms with van der Waals surface area (Å²) in [7, 11) is -3.64. The van der Waals surface area contributed by atoms with Crippen molar-refractivity contribution in [2.45, 2.75) is 57.4 Å². The van der Waals surface area contributed by atoms with E-state index in [0.717, 1.165) is 19.3 Å². The summed E-state index contributed by atoms with van der Waals surface area (Å²) in [6, 6.07) is 0. The van der Waals surface area contributed by atoms with Crippen molar-refractivity contribution < 1.29 is 23.8 Å². The van der Waals surface area contributed by atoms with Crippen molar-refractivity contribution in [3.8, 4) is 0 Å². The molecule has 102 valence electrons. The molecule has 0 amide bonds. The smallest absolute Gasteiger partial charge is 0.361 e. The zero-order chi connectivity index (χ0) is 12.9. The van der Waals surface area contributed by atoms with Crippen molar-refractivity contribution in [1.29, 1.82) is 0 Å². The maximum atomic E-state index is 12.4. The van der Waals surface area contributed by atoms with Crippen molar-refractivity contribution in [3.05, 3.63) is 0 Å². The van der Waals surface area contributed by atoms with Crippen molar-refractivity contribution in [3.63, 3.8) is 0 Å². The average molecular weight is 266 g/mol. The van der Waals surface area contributed by atoms with E-state index >= 15 is 0 Å². The van der Waals surface area contributed by atoms with Gasteiger partial charge in [-0.3, -0.25) is 4.57 Å². The van der Waals surface area contributed by atoms with E-state index in [1.54, 1.807) is 13.8 Å². The maximum absolute atomic E-state index is 12.4. The van der Waals surface area contributed by atoms with E-state index in [9.17, 15) is 14.8 Å². The second kappa shape index (κ2) is 6.30. The molecule has 0 unspecified atom stereocenters. The molecule has 1 rings (SSSR count). The Bertz CT molecular complexity index is 265. The molecule has 1 fully saturated rings. The van der Waals surface area contributed by atoms with Gasteiger partial charge >= 0.3 is 7.60 Å². The Morgan fingerprint density at radius 3 is 2.06 bits per heavy atom. The van der Waals surface area contributed by atoms with Gasteiger partial charge in [-0.15, -0.1) is 0 Å². The highest BCUT2D eigenvalue weighted by atomic mass is 31.2. The minimum atomic E-state index is -3.64. The third kappa shape index (κ3) is 3.52. The normalized spacial score (nSPS) is 22.4. The Morgan fingerprint density at radius 2 is 1.65 bits per heavy atom. The SMILES string of the molecule is CCOP(=O)(OCC)[C@@H](O)C1(O)CCCCC1. The van der Waals surface area contributed by atoms with Gasteiger partial charge in [0.2, 0.25) is 0 Å². The third-order valence-corrected chi connectivity index (χ3v) is 5.43. The molecular formula is C11H23O5P. The fourth-order valence-corrected chi connectivity index (χ4v) is 4.18. The van der Waals surface area contributed by atoms with Crippen LogP contribution < -0.4 is 0 Å². The Kier molecular flexibility index (Phi) is 5.61. The molecule has 0 heterocycles. The van der Waals surface area contributed by atoms with E-state index < -0.39 is 19.0 Å². The monoisotopic (exact) mass is 266 g/mol. The molecule has 0 saturated heterocycles. The first kappa shape index (κ1) is 15.1. The first-order valence-electron chi connectivity index (χ1n) is 6.28. The summed E-state index contributed by atoms with van der Waals surface area (Å²) in [4.78, 5) is 0. The number of rotatable bonds is 6. The van der Waals surface area contributed by atoms with Gasteiger partial charge in [0.1, 0.15) is 5.60 Å². The second-order valence-electron chi connectivity index (χ2n) is 4.41. The molecule has 0 spiro atoms. The van der Waals surface area contributed by atoms with Crippen LogP contribution in [0.1, 0.15) is 46.0 Å². The van der Waals surface area contributed by atoms with E-state index in [-0.39, 0.29) is 13.2 Å². The second-order valence-corrected chi connectivity index (χ2v) is 6.50. The van der Waals surface area contributed by atoms with Crippen LogP contribution in [0.15, 0.2) is 0 Å². The Balaban J connectivity index is 2.82. The highest BCUT2D eigenvalue weighted by Crippen LogP contribution is 2.57. The molecule has 5 nitrogen and oxygen atoms in total. The zero-order valence-electron chi connectivity index (χ0n) is 10.6. The van der Waals surface area contributed by atoms with Crippen molar-refractivity contribution in [2.24, 2.45) is 0 Å². The van der Waals surface area contributed by atoms with E-state index in [2.05, 4.69) is 0 Å². The molecule has 17 heavy (non-hydrogen) atoms. The molecule has 0 radical (unpaired) electrons. The molecule has 0 aliphatic heterocycles. The van der Waals surface area contributed by atoms with Crippen LogP contribution in [0.25, 0.3) is 0 Å². The molecule has 1 aliphatic rings. The van der Waals surface area contributed by atoms with Crippen molar-refractivity contribution >= 4 is 7.60 Å². The fourth-order valence-electron chi connectivity index (χ4n) is 2.25. The van der Waals surface area contributed by atoms with Crippen molar-refractivity contribution in [2.75, 3.05) is 13.2 Å². The highest BCUT2D eigenvalue weighted by Gasteiger charge is 2.49. The van der Waals surface area contributed by atoms with Gasteiger partial charge in [-0.25, -0.2) is 0 Å². The van der Waals surface area contributed by atoms with Gasteiger partial charge in [0.25, 0.3) is 0 Å². The van der Waals surface area contributed by atoms with Crippen LogP contribution in [0, 0.1) is 0 Å². The third-order valence-electron chi connectivity index (χ3n) is 3.12. The van der Waals surface area contributed by atoms with Gasteiger partial charge in [0.05, 0.1) is 13.2 Å². The predicted molar refractivity (Wildman–Crippen MR) is 64.9 cm³/mol. The van der Waals surface area contributed by atoms with Gasteiger partial charge in [-0.1, -0.05) is 19.3 Å². The molecular weight excluding hydrogens is 243 g/mol. The van der Waals surface area contributed by atoms with Crippen LogP contribution in [-0.2, 0) is 13.6 Å². The number of aliphatic hydroxyl groups excluding tert-OH is 1. The maximum Gasteiger partial charge on any atom is 0.361 e. The minimum Gasteiger partial charge on any atom is -0.386 e. The van der Waals surface area contributed by atoms with E-state index in [4.69, 9.17) is 9.05 Å². The summed E-state index contributed by atoms with van der Waals surface area (Å²) in [6.45, 7) is 3.74. The lowest BCUT2D eigenvalue weighted by Crippen LogP contribution is -2.44. The molecule has 2 N–H and O–H groups in total. The quantitative estimate of drug-likeness (QED) is 0.721. The standard InChI is InChI=1S/C11H23O5P/c1-3-15-17(14,16-4-2)10(12)11(13)8-6-5-7-9-11/h10,12-13H,3-9H2,1-2H3/t10-/m1/s1. The number of hydrogen-bond acceptors (Lipinski definition) is 5. The van der Waals surface area contributed by atoms with E-state index in [0.29, 0.717) is 12.8 Å². The molecule has 0 bridgehead atoms. The molecule has 1 saturated carbocycles. The summed E-state index contributed by atoms with van der Waals surface area (Å²) in [6.07, 6.45) is 3.57. The highest BCUT2D eigenvalue weighted by molar-refractivity contribution is 7.54.